The van der Waals surface area contributed by atoms with Crippen molar-refractivity contribution in [2.45, 2.75) is 26.0 Å². The van der Waals surface area contributed by atoms with Crippen molar-refractivity contribution in [3.05, 3.63) is 35.9 Å². The van der Waals surface area contributed by atoms with Gasteiger partial charge in [0.2, 0.25) is 5.91 Å². The zero-order valence-electron chi connectivity index (χ0n) is 10.8. The van der Waals surface area contributed by atoms with Crippen molar-refractivity contribution in [1.82, 2.24) is 5.32 Å². The van der Waals surface area contributed by atoms with Gasteiger partial charge >= 0.3 is 5.97 Å². The second kappa shape index (κ2) is 9.35. The molecule has 0 fully saturated rings. The highest BCUT2D eigenvalue weighted by atomic mass is 35.5. The number of carbonyl (C=O) groups excluding carboxylic acids is 2. The molecule has 0 aliphatic heterocycles. The van der Waals surface area contributed by atoms with Gasteiger partial charge < -0.3 is 15.8 Å². The predicted octanol–water partition coefficient (Wildman–Crippen LogP) is 1.01. The van der Waals surface area contributed by atoms with Crippen LogP contribution in [0.3, 0.4) is 0 Å². The monoisotopic (exact) mass is 286 g/mol. The lowest BCUT2D eigenvalue weighted by atomic mass is 10.2. The third kappa shape index (κ3) is 7.43. The largest absolute Gasteiger partial charge is 0.461 e. The molecule has 1 rings (SSSR count). The third-order valence-corrected chi connectivity index (χ3v) is 2.31. The molecule has 1 aromatic rings. The lowest BCUT2D eigenvalue weighted by molar-refractivity contribution is -0.145. The first-order chi connectivity index (χ1) is 8.61. The summed E-state index contributed by atoms with van der Waals surface area (Å²) in [7, 11) is 0. The number of esters is 1. The van der Waals surface area contributed by atoms with Crippen LogP contribution in [0.15, 0.2) is 30.3 Å². The van der Waals surface area contributed by atoms with Crippen molar-refractivity contribution in [3.8, 4) is 0 Å². The summed E-state index contributed by atoms with van der Waals surface area (Å²) in [6, 6.07) is 9.15. The Balaban J connectivity index is 0.00000324. The van der Waals surface area contributed by atoms with Gasteiger partial charge in [-0.3, -0.25) is 9.59 Å². The normalized spacial score (nSPS) is 11.1. The first-order valence-corrected chi connectivity index (χ1v) is 5.80. The smallest absolute Gasteiger partial charge is 0.308 e. The fraction of sp³-hybridized carbons (Fsp3) is 0.385. The summed E-state index contributed by atoms with van der Waals surface area (Å²) in [5, 5.41) is 2.59. The number of ether oxygens (including phenoxy) is 1. The van der Waals surface area contributed by atoms with Crippen molar-refractivity contribution >= 4 is 24.3 Å². The van der Waals surface area contributed by atoms with E-state index in [0.717, 1.165) is 5.56 Å². The summed E-state index contributed by atoms with van der Waals surface area (Å²) < 4.78 is 5.09. The molecule has 0 radical (unpaired) electrons. The molecular formula is C13H19ClN2O3. The van der Waals surface area contributed by atoms with Crippen LogP contribution in [0.4, 0.5) is 0 Å². The number of hydrogen-bond acceptors (Lipinski definition) is 4. The molecule has 0 spiro atoms. The summed E-state index contributed by atoms with van der Waals surface area (Å²) in [6.07, 6.45) is 0.137. The van der Waals surface area contributed by atoms with Gasteiger partial charge in [-0.1, -0.05) is 30.3 Å². The van der Waals surface area contributed by atoms with Crippen LogP contribution in [0, 0.1) is 0 Å². The van der Waals surface area contributed by atoms with Gasteiger partial charge in [0.05, 0.1) is 13.0 Å². The zero-order chi connectivity index (χ0) is 13.4. The van der Waals surface area contributed by atoms with Gasteiger partial charge in [0.1, 0.15) is 6.61 Å². The molecule has 1 unspecified atom stereocenters. The van der Waals surface area contributed by atoms with Crippen LogP contribution in [0.25, 0.3) is 0 Å². The Morgan fingerprint density at radius 3 is 2.53 bits per heavy atom. The Labute approximate surface area is 118 Å². The van der Waals surface area contributed by atoms with Gasteiger partial charge in [0.15, 0.2) is 0 Å². The van der Waals surface area contributed by atoms with Gasteiger partial charge in [-0.15, -0.1) is 12.4 Å². The Bertz CT molecular complexity index is 398. The molecule has 106 valence electrons. The number of carbonyl (C=O) groups is 2. The van der Waals surface area contributed by atoms with E-state index in [9.17, 15) is 9.59 Å². The summed E-state index contributed by atoms with van der Waals surface area (Å²) in [6.45, 7) is 1.90. The Morgan fingerprint density at radius 1 is 1.32 bits per heavy atom. The number of nitrogens with one attached hydrogen (secondary N) is 1. The van der Waals surface area contributed by atoms with E-state index in [1.807, 2.05) is 30.3 Å². The molecule has 1 aromatic carbocycles. The summed E-state index contributed by atoms with van der Waals surface area (Å²) >= 11 is 0. The second-order valence-corrected chi connectivity index (χ2v) is 4.02. The highest BCUT2D eigenvalue weighted by molar-refractivity contribution is 5.85. The average Bonchev–Trinajstić information content (AvgIpc) is 2.37. The average molecular weight is 287 g/mol. The van der Waals surface area contributed by atoms with Gasteiger partial charge in [-0.2, -0.15) is 0 Å². The first kappa shape index (κ1) is 17.4. The van der Waals surface area contributed by atoms with E-state index in [1.165, 1.54) is 0 Å². The van der Waals surface area contributed by atoms with Gasteiger partial charge in [0, 0.05) is 6.04 Å². The fourth-order valence-corrected chi connectivity index (χ4v) is 1.43. The molecular weight excluding hydrogens is 268 g/mol. The van der Waals surface area contributed by atoms with E-state index in [0.29, 0.717) is 0 Å². The molecule has 19 heavy (non-hydrogen) atoms. The van der Waals surface area contributed by atoms with Crippen LogP contribution in [0.1, 0.15) is 18.9 Å². The van der Waals surface area contributed by atoms with Crippen LogP contribution < -0.4 is 11.1 Å². The van der Waals surface area contributed by atoms with Crippen LogP contribution >= 0.6 is 12.4 Å². The Hall–Kier alpha value is -1.59. The molecule has 1 amide bonds. The molecule has 1 atom stereocenters. The Kier molecular flexibility index (Phi) is 8.57. The first-order valence-electron chi connectivity index (χ1n) is 5.80. The minimum absolute atomic E-state index is 0. The number of benzene rings is 1. The molecule has 3 N–H and O–H groups in total. The van der Waals surface area contributed by atoms with Crippen molar-refractivity contribution in [1.29, 1.82) is 0 Å². The molecule has 0 aliphatic carbocycles. The van der Waals surface area contributed by atoms with Gasteiger partial charge in [-0.25, -0.2) is 0 Å². The topological polar surface area (TPSA) is 81.4 Å². The molecule has 0 heterocycles. The van der Waals surface area contributed by atoms with E-state index < -0.39 is 0 Å². The molecule has 0 bridgehead atoms. The lowest BCUT2D eigenvalue weighted by Crippen LogP contribution is -2.38. The van der Waals surface area contributed by atoms with Crippen molar-refractivity contribution in [2.75, 3.05) is 6.54 Å². The molecule has 0 aliphatic rings. The lowest BCUT2D eigenvalue weighted by Gasteiger charge is -2.12. The maximum absolute atomic E-state index is 11.5. The van der Waals surface area contributed by atoms with E-state index >= 15 is 0 Å². The van der Waals surface area contributed by atoms with Crippen LogP contribution in [0.5, 0.6) is 0 Å². The number of rotatable bonds is 6. The molecule has 0 saturated carbocycles. The van der Waals surface area contributed by atoms with Gasteiger partial charge in [-0.05, 0) is 12.5 Å². The number of hydrogen-bond donors (Lipinski definition) is 2. The van der Waals surface area contributed by atoms with E-state index in [-0.39, 0.29) is 49.9 Å². The number of nitrogens with two attached hydrogens (primary N) is 1. The highest BCUT2D eigenvalue weighted by Crippen LogP contribution is 2.02. The predicted molar refractivity (Wildman–Crippen MR) is 74.8 cm³/mol. The number of halogens is 1. The Morgan fingerprint density at radius 2 is 1.95 bits per heavy atom. The van der Waals surface area contributed by atoms with Gasteiger partial charge in [0.25, 0.3) is 0 Å². The SMILES string of the molecule is CC(CC(=O)OCc1ccccc1)NC(=O)CN.Cl. The zero-order valence-corrected chi connectivity index (χ0v) is 11.6. The maximum atomic E-state index is 11.5. The molecule has 5 nitrogen and oxygen atoms in total. The maximum Gasteiger partial charge on any atom is 0.308 e. The fourth-order valence-electron chi connectivity index (χ4n) is 1.43. The highest BCUT2D eigenvalue weighted by Gasteiger charge is 2.12. The second-order valence-electron chi connectivity index (χ2n) is 4.02. The minimum atomic E-state index is -0.344. The standard InChI is InChI=1S/C13H18N2O3.ClH/c1-10(15-12(16)8-14)7-13(17)18-9-11-5-3-2-4-6-11;/h2-6,10H,7-9,14H2,1H3,(H,15,16);1H. The quantitative estimate of drug-likeness (QED) is 0.765. The van der Waals surface area contributed by atoms with Crippen molar-refractivity contribution in [3.63, 3.8) is 0 Å². The van der Waals surface area contributed by atoms with Crippen LogP contribution in [-0.2, 0) is 20.9 Å². The van der Waals surface area contributed by atoms with Crippen molar-refractivity contribution in [2.24, 2.45) is 5.73 Å². The van der Waals surface area contributed by atoms with Crippen molar-refractivity contribution < 1.29 is 14.3 Å². The molecule has 0 saturated heterocycles. The summed E-state index contributed by atoms with van der Waals surface area (Å²) in [5.74, 6) is -0.623. The van der Waals surface area contributed by atoms with Crippen LogP contribution in [-0.4, -0.2) is 24.5 Å². The van der Waals surface area contributed by atoms with E-state index in [2.05, 4.69) is 5.32 Å². The summed E-state index contributed by atoms with van der Waals surface area (Å²) in [5.41, 5.74) is 6.09. The minimum Gasteiger partial charge on any atom is -0.461 e. The van der Waals surface area contributed by atoms with E-state index in [1.54, 1.807) is 6.92 Å². The third-order valence-electron chi connectivity index (χ3n) is 2.31. The van der Waals surface area contributed by atoms with E-state index in [4.69, 9.17) is 10.5 Å². The molecule has 0 aromatic heterocycles. The summed E-state index contributed by atoms with van der Waals surface area (Å²) in [4.78, 5) is 22.5. The molecule has 6 heteroatoms. The van der Waals surface area contributed by atoms with Crippen LogP contribution in [0.2, 0.25) is 0 Å². The number of amides is 1.